The number of carbonyl (C=O) groups excluding carboxylic acids is 1. The number of morpholine rings is 1. The Morgan fingerprint density at radius 2 is 1.92 bits per heavy atom. The third-order valence-corrected chi connectivity index (χ3v) is 4.55. The molecule has 1 atom stereocenters. The normalized spacial score (nSPS) is 17.6. The van der Waals surface area contributed by atoms with Crippen LogP contribution in [0.5, 0.6) is 0 Å². The average molecular weight is 337 g/mol. The number of benzene rings is 1. The zero-order valence-corrected chi connectivity index (χ0v) is 13.9. The van der Waals surface area contributed by atoms with Crippen LogP contribution in [-0.4, -0.2) is 49.9 Å². The Hall–Kier alpha value is -2.93. The van der Waals surface area contributed by atoms with Crippen molar-refractivity contribution >= 4 is 5.91 Å². The van der Waals surface area contributed by atoms with Gasteiger partial charge >= 0.3 is 0 Å². The van der Waals surface area contributed by atoms with Crippen molar-refractivity contribution in [3.8, 4) is 5.69 Å². The minimum atomic E-state index is -0.0706. The van der Waals surface area contributed by atoms with E-state index in [1.807, 2.05) is 59.1 Å². The summed E-state index contributed by atoms with van der Waals surface area (Å²) < 4.78 is 9.46. The lowest BCUT2D eigenvalue weighted by molar-refractivity contribution is -0.00463. The Kier molecular flexibility index (Phi) is 4.07. The van der Waals surface area contributed by atoms with Crippen molar-refractivity contribution in [3.05, 3.63) is 66.5 Å². The van der Waals surface area contributed by atoms with Gasteiger partial charge in [0.15, 0.2) is 0 Å². The summed E-state index contributed by atoms with van der Waals surface area (Å²) in [5.41, 5.74) is 2.66. The molecule has 128 valence electrons. The first kappa shape index (κ1) is 15.6. The molecular formula is C18H19N5O2. The van der Waals surface area contributed by atoms with E-state index in [9.17, 15) is 4.79 Å². The van der Waals surface area contributed by atoms with Gasteiger partial charge in [0.1, 0.15) is 12.7 Å². The minimum absolute atomic E-state index is 0.0183. The molecule has 1 saturated heterocycles. The van der Waals surface area contributed by atoms with Crippen LogP contribution in [0.1, 0.15) is 22.1 Å². The van der Waals surface area contributed by atoms with Gasteiger partial charge in [-0.05, 0) is 36.4 Å². The second kappa shape index (κ2) is 6.52. The van der Waals surface area contributed by atoms with Crippen LogP contribution in [0.4, 0.5) is 0 Å². The first-order valence-corrected chi connectivity index (χ1v) is 8.19. The fourth-order valence-corrected chi connectivity index (χ4v) is 3.19. The van der Waals surface area contributed by atoms with Gasteiger partial charge in [-0.25, -0.2) is 0 Å². The summed E-state index contributed by atoms with van der Waals surface area (Å²) in [6.45, 7) is 1.66. The van der Waals surface area contributed by atoms with Crippen LogP contribution in [0.3, 0.4) is 0 Å². The Bertz CT molecular complexity index is 854. The fourth-order valence-electron chi connectivity index (χ4n) is 3.19. The van der Waals surface area contributed by atoms with Crippen molar-refractivity contribution in [2.24, 2.45) is 7.05 Å². The first-order chi connectivity index (χ1) is 12.2. The van der Waals surface area contributed by atoms with Crippen molar-refractivity contribution < 1.29 is 9.53 Å². The van der Waals surface area contributed by atoms with E-state index in [4.69, 9.17) is 4.74 Å². The smallest absolute Gasteiger partial charge is 0.254 e. The standard InChI is InChI=1S/C18H19N5O2/c1-21-8-2-3-16(21)17-11-25-10-9-23(17)18(24)14-4-6-15(7-5-14)22-12-19-20-13-22/h2-8,12-13,17H,9-11H2,1H3/t17-/m0/s1. The van der Waals surface area contributed by atoms with E-state index >= 15 is 0 Å². The predicted molar refractivity (Wildman–Crippen MR) is 91.4 cm³/mol. The highest BCUT2D eigenvalue weighted by atomic mass is 16.5. The molecule has 0 aliphatic carbocycles. The average Bonchev–Trinajstić information content (AvgIpc) is 3.33. The summed E-state index contributed by atoms with van der Waals surface area (Å²) in [6, 6.07) is 11.4. The Labute approximate surface area is 145 Å². The molecule has 1 aliphatic rings. The SMILES string of the molecule is Cn1cccc1[C@@H]1COCCN1C(=O)c1ccc(-n2cnnc2)cc1. The summed E-state index contributed by atoms with van der Waals surface area (Å²) >= 11 is 0. The van der Waals surface area contributed by atoms with Crippen LogP contribution in [0.15, 0.2) is 55.2 Å². The number of carbonyl (C=O) groups is 1. The van der Waals surface area contributed by atoms with Crippen LogP contribution >= 0.6 is 0 Å². The highest BCUT2D eigenvalue weighted by Crippen LogP contribution is 2.26. The molecule has 0 spiro atoms. The Morgan fingerprint density at radius 3 is 2.60 bits per heavy atom. The van der Waals surface area contributed by atoms with Crippen molar-refractivity contribution in [1.29, 1.82) is 0 Å². The van der Waals surface area contributed by atoms with E-state index in [2.05, 4.69) is 10.2 Å². The van der Waals surface area contributed by atoms with Crippen LogP contribution < -0.4 is 0 Å². The quantitative estimate of drug-likeness (QED) is 0.731. The second-order valence-electron chi connectivity index (χ2n) is 6.05. The molecule has 0 N–H and O–H groups in total. The van der Waals surface area contributed by atoms with Gasteiger partial charge < -0.3 is 14.2 Å². The number of amides is 1. The van der Waals surface area contributed by atoms with E-state index in [0.717, 1.165) is 11.4 Å². The summed E-state index contributed by atoms with van der Waals surface area (Å²) in [4.78, 5) is 14.9. The molecule has 7 nitrogen and oxygen atoms in total. The van der Waals surface area contributed by atoms with Crippen LogP contribution in [0.25, 0.3) is 5.69 Å². The van der Waals surface area contributed by atoms with Crippen molar-refractivity contribution in [2.75, 3.05) is 19.8 Å². The highest BCUT2D eigenvalue weighted by Gasteiger charge is 2.30. The molecule has 0 unspecified atom stereocenters. The number of nitrogens with zero attached hydrogens (tertiary/aromatic N) is 5. The maximum Gasteiger partial charge on any atom is 0.254 e. The summed E-state index contributed by atoms with van der Waals surface area (Å²) in [5, 5.41) is 7.60. The van der Waals surface area contributed by atoms with Crippen molar-refractivity contribution in [2.45, 2.75) is 6.04 Å². The third-order valence-electron chi connectivity index (χ3n) is 4.55. The number of rotatable bonds is 3. The largest absolute Gasteiger partial charge is 0.377 e. The van der Waals surface area contributed by atoms with E-state index in [1.54, 1.807) is 17.2 Å². The van der Waals surface area contributed by atoms with Gasteiger partial charge in [-0.1, -0.05) is 0 Å². The lowest BCUT2D eigenvalue weighted by atomic mass is 10.1. The van der Waals surface area contributed by atoms with Crippen molar-refractivity contribution in [3.63, 3.8) is 0 Å². The number of hydrogen-bond donors (Lipinski definition) is 0. The molecule has 1 aliphatic heterocycles. The topological polar surface area (TPSA) is 65.2 Å². The maximum absolute atomic E-state index is 13.0. The monoisotopic (exact) mass is 337 g/mol. The van der Waals surface area contributed by atoms with E-state index < -0.39 is 0 Å². The number of aryl methyl sites for hydroxylation is 1. The molecule has 1 amide bonds. The number of hydrogen-bond acceptors (Lipinski definition) is 4. The lowest BCUT2D eigenvalue weighted by Crippen LogP contribution is -2.44. The molecule has 3 aromatic rings. The Balaban J connectivity index is 1.59. The molecule has 2 aromatic heterocycles. The zero-order chi connectivity index (χ0) is 17.2. The molecule has 3 heterocycles. The van der Waals surface area contributed by atoms with Crippen LogP contribution in [-0.2, 0) is 11.8 Å². The highest BCUT2D eigenvalue weighted by molar-refractivity contribution is 5.94. The van der Waals surface area contributed by atoms with E-state index in [1.165, 1.54) is 0 Å². The fraction of sp³-hybridized carbons (Fsp3) is 0.278. The van der Waals surface area contributed by atoms with Gasteiger partial charge in [0.25, 0.3) is 5.91 Å². The van der Waals surface area contributed by atoms with Crippen LogP contribution in [0, 0.1) is 0 Å². The second-order valence-corrected chi connectivity index (χ2v) is 6.05. The van der Waals surface area contributed by atoms with Gasteiger partial charge in [0.05, 0.1) is 19.3 Å². The predicted octanol–water partition coefficient (Wildman–Crippen LogP) is 1.82. The molecule has 1 fully saturated rings. The Morgan fingerprint density at radius 1 is 1.16 bits per heavy atom. The van der Waals surface area contributed by atoms with Crippen LogP contribution in [0.2, 0.25) is 0 Å². The molecule has 25 heavy (non-hydrogen) atoms. The van der Waals surface area contributed by atoms with E-state index in [0.29, 0.717) is 25.3 Å². The van der Waals surface area contributed by atoms with Gasteiger partial charge in [-0.15, -0.1) is 10.2 Å². The lowest BCUT2D eigenvalue weighted by Gasteiger charge is -2.36. The summed E-state index contributed by atoms with van der Waals surface area (Å²) in [5.74, 6) is 0.0183. The number of aromatic nitrogens is 4. The zero-order valence-electron chi connectivity index (χ0n) is 13.9. The third kappa shape index (κ3) is 2.94. The first-order valence-electron chi connectivity index (χ1n) is 8.19. The van der Waals surface area contributed by atoms with Gasteiger partial charge in [0, 0.05) is 36.7 Å². The molecule has 0 saturated carbocycles. The molecular weight excluding hydrogens is 318 g/mol. The van der Waals surface area contributed by atoms with Gasteiger partial charge in [-0.2, -0.15) is 0 Å². The molecule has 7 heteroatoms. The molecule has 0 radical (unpaired) electrons. The van der Waals surface area contributed by atoms with E-state index in [-0.39, 0.29) is 11.9 Å². The molecule has 4 rings (SSSR count). The maximum atomic E-state index is 13.0. The minimum Gasteiger partial charge on any atom is -0.377 e. The van der Waals surface area contributed by atoms with Crippen molar-refractivity contribution in [1.82, 2.24) is 24.2 Å². The molecule has 1 aromatic carbocycles. The summed E-state index contributed by atoms with van der Waals surface area (Å²) in [6.07, 6.45) is 5.25. The summed E-state index contributed by atoms with van der Waals surface area (Å²) in [7, 11) is 1.99. The number of ether oxygens (including phenoxy) is 1. The van der Waals surface area contributed by atoms with Gasteiger partial charge in [0.2, 0.25) is 0 Å². The van der Waals surface area contributed by atoms with Gasteiger partial charge in [-0.3, -0.25) is 9.36 Å². The molecule has 0 bridgehead atoms.